The Morgan fingerprint density at radius 1 is 1.32 bits per heavy atom. The molecular formula is C16H21F3N2O. The quantitative estimate of drug-likeness (QED) is 0.930. The molecule has 1 aliphatic heterocycles. The van der Waals surface area contributed by atoms with Crippen molar-refractivity contribution in [1.82, 2.24) is 10.2 Å². The van der Waals surface area contributed by atoms with Crippen molar-refractivity contribution < 1.29 is 18.0 Å². The largest absolute Gasteiger partial charge is 0.416 e. The minimum Gasteiger partial charge on any atom is -0.352 e. The Balaban J connectivity index is 1.93. The van der Waals surface area contributed by atoms with Gasteiger partial charge in [-0.2, -0.15) is 13.2 Å². The fourth-order valence-corrected chi connectivity index (χ4v) is 2.67. The molecule has 1 aromatic rings. The Kier molecular flexibility index (Phi) is 5.11. The molecule has 1 amide bonds. The highest BCUT2D eigenvalue weighted by Crippen LogP contribution is 2.30. The van der Waals surface area contributed by atoms with E-state index >= 15 is 0 Å². The van der Waals surface area contributed by atoms with Gasteiger partial charge in [0.15, 0.2) is 0 Å². The third-order valence-corrected chi connectivity index (χ3v) is 4.21. The van der Waals surface area contributed by atoms with Crippen molar-refractivity contribution in [3.05, 3.63) is 34.9 Å². The molecule has 0 aliphatic carbocycles. The molecule has 1 saturated heterocycles. The number of rotatable bonds is 3. The third kappa shape index (κ3) is 4.22. The van der Waals surface area contributed by atoms with Crippen LogP contribution in [0, 0.1) is 12.8 Å². The number of nitrogens with zero attached hydrogens (tertiary/aromatic N) is 1. The molecule has 2 rings (SSSR count). The Labute approximate surface area is 128 Å². The number of hydrogen-bond acceptors (Lipinski definition) is 2. The standard InChI is InChI=1S/C16H21F3N2O/c1-11-9-14(16(17,18)19)4-3-13(11)10-20-15(22)12-5-7-21(2)8-6-12/h3-4,9,12H,5-8,10H2,1-2H3,(H,20,22). The van der Waals surface area contributed by atoms with Crippen LogP contribution in [0.3, 0.4) is 0 Å². The van der Waals surface area contributed by atoms with E-state index in [1.165, 1.54) is 6.07 Å². The molecule has 122 valence electrons. The van der Waals surface area contributed by atoms with Crippen LogP contribution >= 0.6 is 0 Å². The second kappa shape index (κ2) is 6.69. The molecule has 0 atom stereocenters. The van der Waals surface area contributed by atoms with Gasteiger partial charge in [-0.25, -0.2) is 0 Å². The van der Waals surface area contributed by atoms with Gasteiger partial charge in [-0.05, 0) is 63.2 Å². The van der Waals surface area contributed by atoms with Crippen LogP contribution in [0.4, 0.5) is 13.2 Å². The van der Waals surface area contributed by atoms with Crippen molar-refractivity contribution in [2.45, 2.75) is 32.5 Å². The van der Waals surface area contributed by atoms with Crippen LogP contribution in [0.25, 0.3) is 0 Å². The minimum absolute atomic E-state index is 0.00551. The van der Waals surface area contributed by atoms with E-state index < -0.39 is 11.7 Å². The maximum atomic E-state index is 12.6. The predicted octanol–water partition coefficient (Wildman–Crippen LogP) is 2.97. The fraction of sp³-hybridized carbons (Fsp3) is 0.562. The second-order valence-electron chi connectivity index (χ2n) is 5.93. The van der Waals surface area contributed by atoms with E-state index in [1.54, 1.807) is 6.92 Å². The number of aryl methyl sites for hydroxylation is 1. The minimum atomic E-state index is -4.33. The molecule has 0 spiro atoms. The lowest BCUT2D eigenvalue weighted by Crippen LogP contribution is -2.38. The zero-order valence-corrected chi connectivity index (χ0v) is 12.8. The maximum absolute atomic E-state index is 12.6. The molecule has 1 N–H and O–H groups in total. The van der Waals surface area contributed by atoms with E-state index in [1.807, 2.05) is 7.05 Å². The van der Waals surface area contributed by atoms with E-state index in [9.17, 15) is 18.0 Å². The number of piperidine rings is 1. The Morgan fingerprint density at radius 3 is 2.50 bits per heavy atom. The van der Waals surface area contributed by atoms with Gasteiger partial charge >= 0.3 is 6.18 Å². The molecule has 0 bridgehead atoms. The summed E-state index contributed by atoms with van der Waals surface area (Å²) in [5.41, 5.74) is 0.600. The number of carbonyl (C=O) groups excluding carboxylic acids is 1. The van der Waals surface area contributed by atoms with Crippen LogP contribution in [0.1, 0.15) is 29.5 Å². The normalized spacial score (nSPS) is 17.5. The van der Waals surface area contributed by atoms with Crippen LogP contribution in [0.5, 0.6) is 0 Å². The van der Waals surface area contributed by atoms with Gasteiger partial charge in [-0.15, -0.1) is 0 Å². The van der Waals surface area contributed by atoms with Crippen molar-refractivity contribution in [2.75, 3.05) is 20.1 Å². The summed E-state index contributed by atoms with van der Waals surface area (Å²) in [7, 11) is 2.03. The molecule has 22 heavy (non-hydrogen) atoms. The van der Waals surface area contributed by atoms with Crippen molar-refractivity contribution in [3.63, 3.8) is 0 Å². The highest BCUT2D eigenvalue weighted by atomic mass is 19.4. The molecule has 1 fully saturated rings. The van der Waals surface area contributed by atoms with Gasteiger partial charge in [0.05, 0.1) is 5.56 Å². The van der Waals surface area contributed by atoms with Crippen molar-refractivity contribution in [1.29, 1.82) is 0 Å². The maximum Gasteiger partial charge on any atom is 0.416 e. The van der Waals surface area contributed by atoms with E-state index in [4.69, 9.17) is 0 Å². The van der Waals surface area contributed by atoms with E-state index in [-0.39, 0.29) is 18.4 Å². The Hall–Kier alpha value is -1.56. The first kappa shape index (κ1) is 16.8. The summed E-state index contributed by atoms with van der Waals surface area (Å²) in [4.78, 5) is 14.3. The number of likely N-dealkylation sites (tertiary alicyclic amines) is 1. The third-order valence-electron chi connectivity index (χ3n) is 4.21. The fourth-order valence-electron chi connectivity index (χ4n) is 2.67. The number of halogens is 3. The molecule has 1 heterocycles. The molecule has 1 aromatic carbocycles. The Bertz CT molecular complexity index is 535. The van der Waals surface area contributed by atoms with Crippen LogP contribution in [0.2, 0.25) is 0 Å². The number of hydrogen-bond donors (Lipinski definition) is 1. The van der Waals surface area contributed by atoms with E-state index in [0.29, 0.717) is 11.1 Å². The van der Waals surface area contributed by atoms with Crippen molar-refractivity contribution >= 4 is 5.91 Å². The lowest BCUT2D eigenvalue weighted by atomic mass is 9.96. The zero-order valence-electron chi connectivity index (χ0n) is 12.8. The summed E-state index contributed by atoms with van der Waals surface area (Å²) in [6, 6.07) is 3.62. The number of amides is 1. The van der Waals surface area contributed by atoms with Crippen molar-refractivity contribution in [2.24, 2.45) is 5.92 Å². The summed E-state index contributed by atoms with van der Waals surface area (Å²) < 4.78 is 37.8. The van der Waals surface area contributed by atoms with Gasteiger partial charge in [0.25, 0.3) is 0 Å². The highest BCUT2D eigenvalue weighted by Gasteiger charge is 2.30. The summed E-state index contributed by atoms with van der Waals surface area (Å²) in [6.45, 7) is 3.70. The van der Waals surface area contributed by atoms with Crippen LogP contribution in [-0.2, 0) is 17.5 Å². The first-order valence-electron chi connectivity index (χ1n) is 7.40. The van der Waals surface area contributed by atoms with Gasteiger partial charge in [0.2, 0.25) is 5.91 Å². The topological polar surface area (TPSA) is 32.3 Å². The predicted molar refractivity (Wildman–Crippen MR) is 78.2 cm³/mol. The van der Waals surface area contributed by atoms with Gasteiger partial charge in [0.1, 0.15) is 0 Å². The first-order valence-corrected chi connectivity index (χ1v) is 7.40. The summed E-state index contributed by atoms with van der Waals surface area (Å²) in [5.74, 6) is -0.00153. The Morgan fingerprint density at radius 2 is 1.95 bits per heavy atom. The lowest BCUT2D eigenvalue weighted by Gasteiger charge is -2.28. The average Bonchev–Trinajstić information content (AvgIpc) is 2.45. The molecule has 1 aliphatic rings. The van der Waals surface area contributed by atoms with Crippen molar-refractivity contribution in [3.8, 4) is 0 Å². The zero-order chi connectivity index (χ0) is 16.3. The van der Waals surface area contributed by atoms with Gasteiger partial charge < -0.3 is 10.2 Å². The molecule has 6 heteroatoms. The van der Waals surface area contributed by atoms with Crippen LogP contribution in [0.15, 0.2) is 18.2 Å². The molecule has 3 nitrogen and oxygen atoms in total. The van der Waals surface area contributed by atoms with Gasteiger partial charge in [-0.1, -0.05) is 6.07 Å². The molecule has 0 saturated carbocycles. The second-order valence-corrected chi connectivity index (χ2v) is 5.93. The van der Waals surface area contributed by atoms with Crippen LogP contribution < -0.4 is 5.32 Å². The lowest BCUT2D eigenvalue weighted by molar-refractivity contribution is -0.137. The average molecular weight is 314 g/mol. The van der Waals surface area contributed by atoms with Gasteiger partial charge in [0, 0.05) is 12.5 Å². The number of carbonyl (C=O) groups is 1. The smallest absolute Gasteiger partial charge is 0.352 e. The number of benzene rings is 1. The number of alkyl halides is 3. The van der Waals surface area contributed by atoms with Gasteiger partial charge in [-0.3, -0.25) is 4.79 Å². The summed E-state index contributed by atoms with van der Waals surface area (Å²) in [6.07, 6.45) is -2.68. The first-order chi connectivity index (χ1) is 10.3. The summed E-state index contributed by atoms with van der Waals surface area (Å²) >= 11 is 0. The number of nitrogens with one attached hydrogen (secondary N) is 1. The van der Waals surface area contributed by atoms with Crippen LogP contribution in [-0.4, -0.2) is 30.9 Å². The molecule has 0 radical (unpaired) electrons. The van der Waals surface area contributed by atoms with E-state index in [2.05, 4.69) is 10.2 Å². The SMILES string of the molecule is Cc1cc(C(F)(F)F)ccc1CNC(=O)C1CCN(C)CC1. The molecular weight excluding hydrogens is 293 g/mol. The van der Waals surface area contributed by atoms with E-state index in [0.717, 1.165) is 38.1 Å². The molecule has 0 aromatic heterocycles. The summed E-state index contributed by atoms with van der Waals surface area (Å²) in [5, 5.41) is 2.84. The monoisotopic (exact) mass is 314 g/mol. The molecule has 0 unspecified atom stereocenters. The highest BCUT2D eigenvalue weighted by molar-refractivity contribution is 5.78.